The van der Waals surface area contributed by atoms with Crippen LogP contribution in [0.25, 0.3) is 0 Å². The molecule has 7 nitrogen and oxygen atoms in total. The lowest BCUT2D eigenvalue weighted by Gasteiger charge is -2.14. The maximum Gasteiger partial charge on any atom is 0.293 e. The average Bonchev–Trinajstić information content (AvgIpc) is 2.47. The second-order valence-electron chi connectivity index (χ2n) is 4.72. The van der Waals surface area contributed by atoms with Crippen LogP contribution in [0.1, 0.15) is 26.7 Å². The van der Waals surface area contributed by atoms with Gasteiger partial charge in [-0.15, -0.1) is 0 Å². The van der Waals surface area contributed by atoms with E-state index < -0.39 is 14.9 Å². The molecule has 0 fully saturated rings. The first-order valence-electron chi connectivity index (χ1n) is 6.81. The van der Waals surface area contributed by atoms with Crippen molar-refractivity contribution in [2.75, 3.05) is 18.9 Å². The Morgan fingerprint density at radius 3 is 2.38 bits per heavy atom. The van der Waals surface area contributed by atoms with E-state index in [4.69, 9.17) is 0 Å². The van der Waals surface area contributed by atoms with Crippen LogP contribution in [-0.4, -0.2) is 26.9 Å². The Hall–Kier alpha value is -1.67. The van der Waals surface area contributed by atoms with Crippen LogP contribution < -0.4 is 10.0 Å². The number of anilines is 1. The molecule has 1 rings (SSSR count). The van der Waals surface area contributed by atoms with Gasteiger partial charge in [-0.1, -0.05) is 26.7 Å². The summed E-state index contributed by atoms with van der Waals surface area (Å²) in [5.74, 6) is 0.256. The second kappa shape index (κ2) is 7.37. The fraction of sp³-hybridized carbons (Fsp3) is 0.538. The quantitative estimate of drug-likeness (QED) is 0.566. The fourth-order valence-electron chi connectivity index (χ4n) is 1.93. The van der Waals surface area contributed by atoms with E-state index in [1.807, 2.05) is 13.8 Å². The van der Waals surface area contributed by atoms with Crippen molar-refractivity contribution in [2.24, 2.45) is 5.92 Å². The number of nitrogens with one attached hydrogen (secondary N) is 2. The van der Waals surface area contributed by atoms with Crippen LogP contribution in [0, 0.1) is 16.0 Å². The molecule has 2 N–H and O–H groups in total. The lowest BCUT2D eigenvalue weighted by molar-refractivity contribution is -0.384. The van der Waals surface area contributed by atoms with E-state index in [-0.39, 0.29) is 22.2 Å². The summed E-state index contributed by atoms with van der Waals surface area (Å²) in [5, 5.41) is 13.6. The van der Waals surface area contributed by atoms with Crippen LogP contribution >= 0.6 is 0 Å². The van der Waals surface area contributed by atoms with Crippen molar-refractivity contribution in [1.29, 1.82) is 0 Å². The van der Waals surface area contributed by atoms with Gasteiger partial charge in [0, 0.05) is 19.7 Å². The van der Waals surface area contributed by atoms with E-state index in [9.17, 15) is 18.5 Å². The normalized spacial score (nSPS) is 11.6. The molecule has 0 bridgehead atoms. The van der Waals surface area contributed by atoms with Gasteiger partial charge in [0.1, 0.15) is 5.69 Å². The Labute approximate surface area is 124 Å². The van der Waals surface area contributed by atoms with Crippen LogP contribution in [0.3, 0.4) is 0 Å². The Balaban J connectivity index is 3.03. The minimum absolute atomic E-state index is 0.0980. The third-order valence-corrected chi connectivity index (χ3v) is 4.88. The molecule has 1 aromatic rings. The smallest absolute Gasteiger partial charge is 0.293 e. The average molecular weight is 315 g/mol. The maximum atomic E-state index is 12.2. The zero-order chi connectivity index (χ0) is 16.0. The Bertz CT molecular complexity index is 597. The summed E-state index contributed by atoms with van der Waals surface area (Å²) in [4.78, 5) is 10.3. The largest absolute Gasteiger partial charge is 0.383 e. The van der Waals surface area contributed by atoms with Crippen molar-refractivity contribution >= 4 is 21.4 Å². The molecule has 1 aromatic carbocycles. The summed E-state index contributed by atoms with van der Waals surface area (Å²) >= 11 is 0. The molecule has 0 aliphatic carbocycles. The van der Waals surface area contributed by atoms with Crippen LogP contribution in [-0.2, 0) is 10.0 Å². The predicted molar refractivity (Wildman–Crippen MR) is 81.9 cm³/mol. The number of sulfonamides is 1. The van der Waals surface area contributed by atoms with E-state index in [0.29, 0.717) is 6.54 Å². The van der Waals surface area contributed by atoms with Gasteiger partial charge < -0.3 is 5.32 Å². The zero-order valence-electron chi connectivity index (χ0n) is 12.4. The molecule has 0 aliphatic rings. The van der Waals surface area contributed by atoms with Gasteiger partial charge in [0.25, 0.3) is 5.69 Å². The van der Waals surface area contributed by atoms with Crippen molar-refractivity contribution in [3.63, 3.8) is 0 Å². The highest BCUT2D eigenvalue weighted by Gasteiger charge is 2.21. The van der Waals surface area contributed by atoms with E-state index in [1.54, 1.807) is 7.05 Å². The van der Waals surface area contributed by atoms with Gasteiger partial charge in [-0.3, -0.25) is 10.1 Å². The van der Waals surface area contributed by atoms with E-state index in [1.165, 1.54) is 12.1 Å². The molecule has 0 saturated carbocycles. The maximum absolute atomic E-state index is 12.2. The van der Waals surface area contributed by atoms with Gasteiger partial charge in [0.15, 0.2) is 0 Å². The Morgan fingerprint density at radius 2 is 1.90 bits per heavy atom. The summed E-state index contributed by atoms with van der Waals surface area (Å²) in [7, 11) is -2.20. The minimum Gasteiger partial charge on any atom is -0.383 e. The van der Waals surface area contributed by atoms with E-state index >= 15 is 0 Å². The first-order valence-corrected chi connectivity index (χ1v) is 8.29. The summed E-state index contributed by atoms with van der Waals surface area (Å²) in [6.07, 6.45) is 1.75. The molecule has 0 saturated heterocycles. The molecule has 0 aromatic heterocycles. The molecule has 8 heteroatoms. The zero-order valence-corrected chi connectivity index (χ0v) is 13.2. The number of nitro groups is 1. The molecule has 0 spiro atoms. The minimum atomic E-state index is -3.74. The third-order valence-electron chi connectivity index (χ3n) is 3.46. The summed E-state index contributed by atoms with van der Waals surface area (Å²) < 4.78 is 26.9. The number of nitrogens with zero attached hydrogens (tertiary/aromatic N) is 1. The van der Waals surface area contributed by atoms with E-state index in [2.05, 4.69) is 10.0 Å². The number of rotatable bonds is 8. The van der Waals surface area contributed by atoms with Gasteiger partial charge in [-0.25, -0.2) is 13.1 Å². The predicted octanol–water partition coefficient (Wildman–Crippen LogP) is 2.35. The Morgan fingerprint density at radius 1 is 1.29 bits per heavy atom. The van der Waals surface area contributed by atoms with Gasteiger partial charge >= 0.3 is 0 Å². The number of hydrogen-bond acceptors (Lipinski definition) is 5. The van der Waals surface area contributed by atoms with Crippen molar-refractivity contribution in [2.45, 2.75) is 31.6 Å². The highest BCUT2D eigenvalue weighted by atomic mass is 32.2. The standard InChI is InChI=1S/C13H21N3O4S/c1-4-10(5-2)9-15-21(19,20)11-6-7-12(14-3)13(8-11)16(17)18/h6-8,10,14-15H,4-5,9H2,1-3H3. The molecule has 0 heterocycles. The van der Waals surface area contributed by atoms with Gasteiger partial charge in [-0.05, 0) is 18.1 Å². The molecule has 21 heavy (non-hydrogen) atoms. The van der Waals surface area contributed by atoms with Crippen molar-refractivity contribution < 1.29 is 13.3 Å². The van der Waals surface area contributed by atoms with E-state index in [0.717, 1.165) is 18.9 Å². The topological polar surface area (TPSA) is 101 Å². The molecular formula is C13H21N3O4S. The third kappa shape index (κ3) is 4.40. The first-order chi connectivity index (χ1) is 9.85. The highest BCUT2D eigenvalue weighted by Crippen LogP contribution is 2.27. The number of hydrogen-bond donors (Lipinski definition) is 2. The number of benzene rings is 1. The van der Waals surface area contributed by atoms with Gasteiger partial charge in [0.2, 0.25) is 10.0 Å². The van der Waals surface area contributed by atoms with Crippen LogP contribution in [0.2, 0.25) is 0 Å². The van der Waals surface area contributed by atoms with Gasteiger partial charge in [0.05, 0.1) is 9.82 Å². The highest BCUT2D eigenvalue weighted by molar-refractivity contribution is 7.89. The van der Waals surface area contributed by atoms with Crippen molar-refractivity contribution in [3.8, 4) is 0 Å². The molecule has 0 atom stereocenters. The van der Waals surface area contributed by atoms with Crippen LogP contribution in [0.5, 0.6) is 0 Å². The summed E-state index contributed by atoms with van der Waals surface area (Å²) in [5.41, 5.74) is 0.0156. The SMILES string of the molecule is CCC(CC)CNS(=O)(=O)c1ccc(NC)c([N+](=O)[O-])c1. The van der Waals surface area contributed by atoms with Crippen LogP contribution in [0.15, 0.2) is 23.1 Å². The first kappa shape index (κ1) is 17.4. The molecule has 0 amide bonds. The van der Waals surface area contributed by atoms with Crippen molar-refractivity contribution in [3.05, 3.63) is 28.3 Å². The second-order valence-corrected chi connectivity index (χ2v) is 6.49. The van der Waals surface area contributed by atoms with Crippen LogP contribution in [0.4, 0.5) is 11.4 Å². The Kier molecular flexibility index (Phi) is 6.10. The monoisotopic (exact) mass is 315 g/mol. The fourth-order valence-corrected chi connectivity index (χ4v) is 3.07. The van der Waals surface area contributed by atoms with Crippen molar-refractivity contribution in [1.82, 2.24) is 4.72 Å². The molecule has 0 unspecified atom stereocenters. The number of nitro benzene ring substituents is 1. The summed E-state index contributed by atoms with van der Waals surface area (Å²) in [6.45, 7) is 4.32. The molecule has 118 valence electrons. The van der Waals surface area contributed by atoms with Gasteiger partial charge in [-0.2, -0.15) is 0 Å². The lowest BCUT2D eigenvalue weighted by Crippen LogP contribution is -2.29. The molecule has 0 aliphatic heterocycles. The summed E-state index contributed by atoms with van der Waals surface area (Å²) in [6, 6.07) is 3.82. The lowest BCUT2D eigenvalue weighted by atomic mass is 10.0. The molecule has 0 radical (unpaired) electrons. The molecular weight excluding hydrogens is 294 g/mol.